The van der Waals surface area contributed by atoms with Crippen molar-refractivity contribution < 1.29 is 13.9 Å². The van der Waals surface area contributed by atoms with Gasteiger partial charge in [0, 0.05) is 22.1 Å². The van der Waals surface area contributed by atoms with Crippen LogP contribution in [0.1, 0.15) is 23.6 Å². The molecule has 0 aliphatic heterocycles. The largest absolute Gasteiger partial charge is 0.466 e. The van der Waals surface area contributed by atoms with Crippen molar-refractivity contribution in [3.8, 4) is 0 Å². The second kappa shape index (κ2) is 8.57. The zero-order valence-electron chi connectivity index (χ0n) is 16.2. The summed E-state index contributed by atoms with van der Waals surface area (Å²) in [5, 5.41) is 0.838. The molecule has 0 N–H and O–H groups in total. The highest BCUT2D eigenvalue weighted by molar-refractivity contribution is 6.15. The summed E-state index contributed by atoms with van der Waals surface area (Å²) < 4.78 is 10.8. The Balaban J connectivity index is 1.86. The monoisotopic (exact) mass is 383 g/mol. The minimum atomic E-state index is -0.277. The summed E-state index contributed by atoms with van der Waals surface area (Å²) in [5.41, 5.74) is 5.14. The molecule has 144 valence electrons. The summed E-state index contributed by atoms with van der Waals surface area (Å²) in [7, 11) is 0. The van der Waals surface area contributed by atoms with Crippen molar-refractivity contribution in [1.29, 1.82) is 0 Å². The maximum Gasteiger partial charge on any atom is 0.310 e. The van der Waals surface area contributed by atoms with Crippen molar-refractivity contribution in [1.82, 2.24) is 0 Å². The number of nitrogens with zero attached hydrogens (tertiary/aromatic N) is 1. The molecule has 4 heteroatoms. The number of ether oxygens (including phenoxy) is 1. The summed E-state index contributed by atoms with van der Waals surface area (Å²) in [6.07, 6.45) is 1.77. The van der Waals surface area contributed by atoms with Crippen LogP contribution in [0.15, 0.2) is 94.5 Å². The molecule has 0 saturated carbocycles. The van der Waals surface area contributed by atoms with Crippen LogP contribution < -0.4 is 0 Å². The van der Waals surface area contributed by atoms with Gasteiger partial charge in [0.25, 0.3) is 0 Å². The molecule has 0 aliphatic carbocycles. The summed E-state index contributed by atoms with van der Waals surface area (Å²) in [4.78, 5) is 17.0. The lowest BCUT2D eigenvalue weighted by atomic mass is 10.0. The van der Waals surface area contributed by atoms with Crippen molar-refractivity contribution in [2.45, 2.75) is 13.3 Å². The molecule has 0 spiro atoms. The molecule has 0 bridgehead atoms. The van der Waals surface area contributed by atoms with E-state index in [0.717, 1.165) is 33.5 Å². The van der Waals surface area contributed by atoms with Crippen molar-refractivity contribution in [2.75, 3.05) is 6.61 Å². The number of carbonyl (C=O) groups is 1. The first-order chi connectivity index (χ1) is 14.3. The molecule has 4 nitrogen and oxygen atoms in total. The SMILES string of the molecule is CCOC(=O)Cc1coc2cccc(N=C(c3ccccc3)c3ccccc3)c12. The molecular formula is C25H21NO3. The van der Waals surface area contributed by atoms with Gasteiger partial charge in [-0.1, -0.05) is 66.7 Å². The molecule has 0 amide bonds. The fraction of sp³-hybridized carbons (Fsp3) is 0.120. The van der Waals surface area contributed by atoms with Crippen molar-refractivity contribution in [3.63, 3.8) is 0 Å². The minimum absolute atomic E-state index is 0.152. The fourth-order valence-electron chi connectivity index (χ4n) is 3.33. The Labute approximate surface area is 169 Å². The molecule has 0 unspecified atom stereocenters. The summed E-state index contributed by atoms with van der Waals surface area (Å²) in [6.45, 7) is 2.15. The Hall–Kier alpha value is -3.66. The molecule has 29 heavy (non-hydrogen) atoms. The van der Waals surface area contributed by atoms with Gasteiger partial charge in [0.05, 0.1) is 30.7 Å². The van der Waals surface area contributed by atoms with Crippen LogP contribution >= 0.6 is 0 Å². The standard InChI is InChI=1S/C25H21NO3/c1-2-28-23(27)16-20-17-29-22-15-9-14-21(24(20)22)26-25(18-10-5-3-6-11-18)19-12-7-4-8-13-19/h3-15,17H,2,16H2,1H3. The number of carbonyl (C=O) groups excluding carboxylic acids is 1. The fourth-order valence-corrected chi connectivity index (χ4v) is 3.33. The maximum absolute atomic E-state index is 12.0. The van der Waals surface area contributed by atoms with E-state index in [1.807, 2.05) is 78.9 Å². The quantitative estimate of drug-likeness (QED) is 0.317. The smallest absolute Gasteiger partial charge is 0.310 e. The molecule has 0 saturated heterocycles. The van der Waals surface area contributed by atoms with Gasteiger partial charge >= 0.3 is 5.97 Å². The molecule has 4 aromatic rings. The predicted molar refractivity (Wildman–Crippen MR) is 115 cm³/mol. The second-order valence-corrected chi connectivity index (χ2v) is 6.59. The minimum Gasteiger partial charge on any atom is -0.466 e. The Morgan fingerprint density at radius 3 is 2.17 bits per heavy atom. The van der Waals surface area contributed by atoms with Gasteiger partial charge < -0.3 is 9.15 Å². The van der Waals surface area contributed by atoms with E-state index in [9.17, 15) is 4.79 Å². The number of rotatable bonds is 6. The van der Waals surface area contributed by atoms with Gasteiger partial charge in [-0.3, -0.25) is 4.79 Å². The molecule has 1 aromatic heterocycles. The molecule has 1 heterocycles. The van der Waals surface area contributed by atoms with Gasteiger partial charge in [0.15, 0.2) is 0 Å². The zero-order valence-corrected chi connectivity index (χ0v) is 16.2. The Kier molecular flexibility index (Phi) is 5.52. The Morgan fingerprint density at radius 2 is 1.55 bits per heavy atom. The van der Waals surface area contributed by atoms with E-state index in [0.29, 0.717) is 12.2 Å². The topological polar surface area (TPSA) is 51.8 Å². The van der Waals surface area contributed by atoms with Gasteiger partial charge in [0.2, 0.25) is 0 Å². The highest BCUT2D eigenvalue weighted by Gasteiger charge is 2.15. The molecule has 0 fully saturated rings. The van der Waals surface area contributed by atoms with Gasteiger partial charge in [-0.05, 0) is 19.1 Å². The molecule has 0 atom stereocenters. The van der Waals surface area contributed by atoms with E-state index in [1.54, 1.807) is 13.2 Å². The van der Waals surface area contributed by atoms with Crippen LogP contribution in [-0.2, 0) is 16.0 Å². The third-order valence-electron chi connectivity index (χ3n) is 4.62. The number of fused-ring (bicyclic) bond motifs is 1. The van der Waals surface area contributed by atoms with Crippen LogP contribution in [0.4, 0.5) is 5.69 Å². The summed E-state index contributed by atoms with van der Waals surface area (Å²) >= 11 is 0. The number of esters is 1. The maximum atomic E-state index is 12.0. The lowest BCUT2D eigenvalue weighted by molar-refractivity contribution is -0.142. The number of hydrogen-bond donors (Lipinski definition) is 0. The molecule has 0 radical (unpaired) electrons. The zero-order chi connectivity index (χ0) is 20.1. The molecule has 3 aromatic carbocycles. The van der Waals surface area contributed by atoms with E-state index >= 15 is 0 Å². The first kappa shape index (κ1) is 18.7. The first-order valence-corrected chi connectivity index (χ1v) is 9.60. The normalized spacial score (nSPS) is 10.7. The van der Waals surface area contributed by atoms with E-state index < -0.39 is 0 Å². The number of furan rings is 1. The highest BCUT2D eigenvalue weighted by atomic mass is 16.5. The molecule has 0 aliphatic rings. The lowest BCUT2D eigenvalue weighted by Gasteiger charge is -2.09. The van der Waals surface area contributed by atoms with Gasteiger partial charge in [-0.2, -0.15) is 0 Å². The second-order valence-electron chi connectivity index (χ2n) is 6.59. The third kappa shape index (κ3) is 4.11. The third-order valence-corrected chi connectivity index (χ3v) is 4.62. The Bertz CT molecular complexity index is 1100. The number of aliphatic imine (C=N–C) groups is 1. The predicted octanol–water partition coefficient (Wildman–Crippen LogP) is 5.71. The number of benzene rings is 3. The van der Waals surface area contributed by atoms with E-state index in [-0.39, 0.29) is 12.4 Å². The first-order valence-electron chi connectivity index (χ1n) is 9.60. The van der Waals surface area contributed by atoms with Crippen LogP contribution in [0.2, 0.25) is 0 Å². The van der Waals surface area contributed by atoms with Crippen molar-refractivity contribution >= 4 is 28.3 Å². The van der Waals surface area contributed by atoms with E-state index in [1.165, 1.54) is 0 Å². The summed E-state index contributed by atoms with van der Waals surface area (Å²) in [6, 6.07) is 25.9. The van der Waals surface area contributed by atoms with E-state index in [4.69, 9.17) is 14.1 Å². The molecular weight excluding hydrogens is 362 g/mol. The van der Waals surface area contributed by atoms with Crippen LogP contribution in [-0.4, -0.2) is 18.3 Å². The van der Waals surface area contributed by atoms with Crippen LogP contribution in [0.3, 0.4) is 0 Å². The Morgan fingerprint density at radius 1 is 0.897 bits per heavy atom. The highest BCUT2D eigenvalue weighted by Crippen LogP contribution is 2.32. The van der Waals surface area contributed by atoms with Crippen molar-refractivity contribution in [3.05, 3.63) is 102 Å². The lowest BCUT2D eigenvalue weighted by Crippen LogP contribution is -2.07. The van der Waals surface area contributed by atoms with Crippen LogP contribution in [0, 0.1) is 0 Å². The van der Waals surface area contributed by atoms with Gasteiger partial charge in [-0.15, -0.1) is 0 Å². The van der Waals surface area contributed by atoms with Crippen LogP contribution in [0.25, 0.3) is 11.0 Å². The van der Waals surface area contributed by atoms with E-state index in [2.05, 4.69) is 0 Å². The van der Waals surface area contributed by atoms with Gasteiger partial charge in [0.1, 0.15) is 5.58 Å². The van der Waals surface area contributed by atoms with Gasteiger partial charge in [-0.25, -0.2) is 4.99 Å². The van der Waals surface area contributed by atoms with Crippen LogP contribution in [0.5, 0.6) is 0 Å². The number of hydrogen-bond acceptors (Lipinski definition) is 4. The average Bonchev–Trinajstić information content (AvgIpc) is 3.17. The molecule has 4 rings (SSSR count). The van der Waals surface area contributed by atoms with Crippen molar-refractivity contribution in [2.24, 2.45) is 4.99 Å². The summed E-state index contributed by atoms with van der Waals surface area (Å²) in [5.74, 6) is -0.277. The average molecular weight is 383 g/mol.